The van der Waals surface area contributed by atoms with Crippen LogP contribution in [0.4, 0.5) is 0 Å². The van der Waals surface area contributed by atoms with E-state index < -0.39 is 5.91 Å². The van der Waals surface area contributed by atoms with Crippen molar-refractivity contribution in [1.29, 1.82) is 0 Å². The summed E-state index contributed by atoms with van der Waals surface area (Å²) in [6, 6.07) is 22.2. The van der Waals surface area contributed by atoms with Gasteiger partial charge in [-0.2, -0.15) is 0 Å². The van der Waals surface area contributed by atoms with Gasteiger partial charge in [-0.1, -0.05) is 53.7 Å². The van der Waals surface area contributed by atoms with Crippen LogP contribution in [0, 0.1) is 0 Å². The van der Waals surface area contributed by atoms with Gasteiger partial charge in [-0.15, -0.1) is 0 Å². The Morgan fingerprint density at radius 3 is 2.50 bits per heavy atom. The number of nitrogens with two attached hydrogens (primary N) is 1. The van der Waals surface area contributed by atoms with Crippen LogP contribution < -0.4 is 5.73 Å². The molecule has 0 radical (unpaired) electrons. The zero-order valence-corrected chi connectivity index (χ0v) is 15.0. The highest BCUT2D eigenvalue weighted by Gasteiger charge is 2.19. The van der Waals surface area contributed by atoms with Crippen molar-refractivity contribution in [3.63, 3.8) is 0 Å². The number of benzene rings is 3. The van der Waals surface area contributed by atoms with Gasteiger partial charge in [-0.25, -0.2) is 0 Å². The van der Waals surface area contributed by atoms with E-state index in [2.05, 4.69) is 34.0 Å². The van der Waals surface area contributed by atoms with Gasteiger partial charge in [-0.3, -0.25) is 4.79 Å². The van der Waals surface area contributed by atoms with Gasteiger partial charge in [0.2, 0.25) is 5.91 Å². The van der Waals surface area contributed by atoms with E-state index in [0.717, 1.165) is 32.9 Å². The van der Waals surface area contributed by atoms with Gasteiger partial charge in [-0.05, 0) is 29.3 Å². The number of carbonyl (C=O) groups excluding carboxylic acids is 1. The lowest BCUT2D eigenvalue weighted by molar-refractivity contribution is 0.100. The maximum atomic E-state index is 12.3. The first-order valence-corrected chi connectivity index (χ1v) is 9.01. The van der Waals surface area contributed by atoms with Crippen LogP contribution in [-0.4, -0.2) is 15.6 Å². The average molecular weight is 367 g/mol. The fraction of sp³-hybridized carbons (Fsp3) is 0.0435. The predicted molar refractivity (Wildman–Crippen MR) is 109 cm³/mol. The SMILES string of the molecule is NC(=O)c1cc(-c2cnoc2)cc2c1c1ccccc1n2Cc1ccccc1. The van der Waals surface area contributed by atoms with Crippen LogP contribution in [-0.2, 0) is 6.54 Å². The summed E-state index contributed by atoms with van der Waals surface area (Å²) in [6.45, 7) is 0.691. The second kappa shape index (κ2) is 6.39. The minimum absolute atomic E-state index is 0.453. The molecule has 3 aromatic carbocycles. The molecule has 0 fully saturated rings. The Hall–Kier alpha value is -3.86. The fourth-order valence-corrected chi connectivity index (χ4v) is 3.82. The Morgan fingerprint density at radius 1 is 0.964 bits per heavy atom. The molecule has 0 bridgehead atoms. The normalized spacial score (nSPS) is 11.3. The van der Waals surface area contributed by atoms with Crippen molar-refractivity contribution >= 4 is 27.7 Å². The summed E-state index contributed by atoms with van der Waals surface area (Å²) >= 11 is 0. The lowest BCUT2D eigenvalue weighted by atomic mass is 10.00. The summed E-state index contributed by atoms with van der Waals surface area (Å²) < 4.78 is 7.22. The highest BCUT2D eigenvalue weighted by Crippen LogP contribution is 2.35. The fourth-order valence-electron chi connectivity index (χ4n) is 3.82. The van der Waals surface area contributed by atoms with Crippen molar-refractivity contribution in [2.45, 2.75) is 6.54 Å². The first-order chi connectivity index (χ1) is 13.7. The number of hydrogen-bond acceptors (Lipinski definition) is 3. The molecule has 0 atom stereocenters. The third-order valence-corrected chi connectivity index (χ3v) is 5.09. The van der Waals surface area contributed by atoms with E-state index in [-0.39, 0.29) is 0 Å². The Labute approximate surface area is 161 Å². The van der Waals surface area contributed by atoms with Gasteiger partial charge >= 0.3 is 0 Å². The first kappa shape index (κ1) is 16.3. The molecule has 0 aliphatic carbocycles. The molecule has 28 heavy (non-hydrogen) atoms. The molecule has 0 aliphatic heterocycles. The lowest BCUT2D eigenvalue weighted by Crippen LogP contribution is -2.11. The molecule has 0 aliphatic rings. The van der Waals surface area contributed by atoms with Crippen molar-refractivity contribution in [3.8, 4) is 11.1 Å². The van der Waals surface area contributed by atoms with E-state index in [1.165, 1.54) is 5.56 Å². The molecular weight excluding hydrogens is 350 g/mol. The monoisotopic (exact) mass is 367 g/mol. The third kappa shape index (κ3) is 2.56. The highest BCUT2D eigenvalue weighted by atomic mass is 16.5. The molecular formula is C23H17N3O2. The quantitative estimate of drug-likeness (QED) is 0.505. The van der Waals surface area contributed by atoms with Crippen LogP contribution in [0.15, 0.2) is 83.7 Å². The van der Waals surface area contributed by atoms with Gasteiger partial charge in [0.15, 0.2) is 0 Å². The summed E-state index contributed by atoms with van der Waals surface area (Å²) in [4.78, 5) is 12.3. The topological polar surface area (TPSA) is 74.1 Å². The summed E-state index contributed by atoms with van der Waals surface area (Å²) in [5, 5.41) is 5.68. The number of fused-ring (bicyclic) bond motifs is 3. The van der Waals surface area contributed by atoms with Gasteiger partial charge in [0.1, 0.15) is 6.26 Å². The number of para-hydroxylation sites is 1. The molecule has 2 heterocycles. The maximum absolute atomic E-state index is 12.3. The Balaban J connectivity index is 1.87. The largest absolute Gasteiger partial charge is 0.366 e. The van der Waals surface area contributed by atoms with E-state index in [0.29, 0.717) is 12.1 Å². The molecule has 0 saturated heterocycles. The number of carbonyl (C=O) groups is 1. The molecule has 136 valence electrons. The lowest BCUT2D eigenvalue weighted by Gasteiger charge is -2.10. The average Bonchev–Trinajstić information content (AvgIpc) is 3.36. The molecule has 5 nitrogen and oxygen atoms in total. The zero-order valence-electron chi connectivity index (χ0n) is 15.0. The van der Waals surface area contributed by atoms with Crippen molar-refractivity contribution < 1.29 is 9.32 Å². The van der Waals surface area contributed by atoms with Crippen LogP contribution in [0.1, 0.15) is 15.9 Å². The Bertz CT molecular complexity index is 1300. The van der Waals surface area contributed by atoms with Gasteiger partial charge < -0.3 is 14.8 Å². The minimum atomic E-state index is -0.453. The number of primary amides is 1. The van der Waals surface area contributed by atoms with Crippen LogP contribution >= 0.6 is 0 Å². The second-order valence-electron chi connectivity index (χ2n) is 6.78. The Kier molecular flexibility index (Phi) is 3.72. The molecule has 0 spiro atoms. The molecule has 0 unspecified atom stereocenters. The molecule has 0 saturated carbocycles. The van der Waals surface area contributed by atoms with Crippen LogP contribution in [0.25, 0.3) is 32.9 Å². The van der Waals surface area contributed by atoms with E-state index >= 15 is 0 Å². The molecule has 5 heteroatoms. The molecule has 5 rings (SSSR count). The van der Waals surface area contributed by atoms with Crippen molar-refractivity contribution in [3.05, 3.63) is 90.3 Å². The summed E-state index contributed by atoms with van der Waals surface area (Å²) in [7, 11) is 0. The first-order valence-electron chi connectivity index (χ1n) is 9.01. The van der Waals surface area contributed by atoms with Crippen LogP contribution in [0.3, 0.4) is 0 Å². The van der Waals surface area contributed by atoms with Crippen LogP contribution in [0.2, 0.25) is 0 Å². The minimum Gasteiger partial charge on any atom is -0.366 e. The van der Waals surface area contributed by atoms with E-state index in [9.17, 15) is 4.79 Å². The van der Waals surface area contributed by atoms with Crippen LogP contribution in [0.5, 0.6) is 0 Å². The van der Waals surface area contributed by atoms with Crippen molar-refractivity contribution in [2.75, 3.05) is 0 Å². The van der Waals surface area contributed by atoms with E-state index in [4.69, 9.17) is 10.3 Å². The standard InChI is InChI=1S/C23H17N3O2/c24-23(27)19-10-16(17-12-25-28-14-17)11-21-22(19)18-8-4-5-9-20(18)26(21)13-15-6-2-1-3-7-15/h1-12,14H,13H2,(H2,24,27). The Morgan fingerprint density at radius 2 is 1.75 bits per heavy atom. The number of nitrogens with zero attached hydrogens (tertiary/aromatic N) is 2. The van der Waals surface area contributed by atoms with E-state index in [1.54, 1.807) is 12.5 Å². The summed E-state index contributed by atoms with van der Waals surface area (Å²) in [6.07, 6.45) is 3.20. The summed E-state index contributed by atoms with van der Waals surface area (Å²) in [5.41, 5.74) is 11.1. The smallest absolute Gasteiger partial charge is 0.249 e. The number of hydrogen-bond donors (Lipinski definition) is 1. The zero-order chi connectivity index (χ0) is 19.1. The van der Waals surface area contributed by atoms with Gasteiger partial charge in [0.05, 0.1) is 11.7 Å². The molecule has 2 aromatic heterocycles. The second-order valence-corrected chi connectivity index (χ2v) is 6.78. The molecule has 1 amide bonds. The highest BCUT2D eigenvalue weighted by molar-refractivity contribution is 6.18. The van der Waals surface area contributed by atoms with Crippen molar-refractivity contribution in [1.82, 2.24) is 9.72 Å². The number of aromatic nitrogens is 2. The summed E-state index contributed by atoms with van der Waals surface area (Å²) in [5.74, 6) is -0.453. The van der Waals surface area contributed by atoms with Crippen molar-refractivity contribution in [2.24, 2.45) is 5.73 Å². The third-order valence-electron chi connectivity index (χ3n) is 5.09. The molecule has 5 aromatic rings. The number of rotatable bonds is 4. The van der Waals surface area contributed by atoms with E-state index in [1.807, 2.05) is 42.5 Å². The predicted octanol–water partition coefficient (Wildman–Crippen LogP) is 4.60. The number of amides is 1. The maximum Gasteiger partial charge on any atom is 0.249 e. The molecule has 2 N–H and O–H groups in total. The van der Waals surface area contributed by atoms with Gasteiger partial charge in [0.25, 0.3) is 0 Å². The van der Waals surface area contributed by atoms with Gasteiger partial charge in [0, 0.05) is 34.0 Å².